The lowest BCUT2D eigenvalue weighted by molar-refractivity contribution is 0.585. The number of para-hydroxylation sites is 2. The normalized spacial score (nSPS) is 18.1. The molecule has 3 heteroatoms. The molecule has 1 aliphatic carbocycles. The second-order valence-electron chi connectivity index (χ2n) is 6.47. The molecule has 119 valence electrons. The van der Waals surface area contributed by atoms with E-state index in [1.807, 2.05) is 7.05 Å². The van der Waals surface area contributed by atoms with E-state index in [0.29, 0.717) is 12.1 Å². The fraction of sp³-hybridized carbons (Fsp3) is 0.350. The summed E-state index contributed by atoms with van der Waals surface area (Å²) in [7, 11) is 2.03. The molecule has 3 nitrogen and oxygen atoms in total. The van der Waals surface area contributed by atoms with Crippen LogP contribution in [0.4, 0.5) is 11.4 Å². The fourth-order valence-electron chi connectivity index (χ4n) is 3.47. The van der Waals surface area contributed by atoms with Crippen molar-refractivity contribution in [2.45, 2.75) is 31.3 Å². The maximum absolute atomic E-state index is 3.31. The second kappa shape index (κ2) is 6.25. The van der Waals surface area contributed by atoms with Crippen LogP contribution in [0.3, 0.4) is 0 Å². The van der Waals surface area contributed by atoms with Crippen molar-refractivity contribution in [1.82, 2.24) is 5.32 Å². The lowest BCUT2D eigenvalue weighted by atomic mass is 10.0. The van der Waals surface area contributed by atoms with Crippen LogP contribution in [0.2, 0.25) is 0 Å². The van der Waals surface area contributed by atoms with Gasteiger partial charge in [-0.05, 0) is 50.6 Å². The molecule has 1 fully saturated rings. The van der Waals surface area contributed by atoms with Crippen molar-refractivity contribution < 1.29 is 0 Å². The number of nitrogens with one attached hydrogen (secondary N) is 1. The van der Waals surface area contributed by atoms with Gasteiger partial charge in [-0.15, -0.1) is 0 Å². The second-order valence-corrected chi connectivity index (χ2v) is 6.47. The van der Waals surface area contributed by atoms with Gasteiger partial charge < -0.3 is 15.1 Å². The Hall–Kier alpha value is -2.00. The summed E-state index contributed by atoms with van der Waals surface area (Å²) in [5.41, 5.74) is 4.08. The molecule has 0 amide bonds. The van der Waals surface area contributed by atoms with Crippen LogP contribution in [0.15, 0.2) is 54.6 Å². The van der Waals surface area contributed by atoms with E-state index in [9.17, 15) is 0 Å². The standard InChI is InChI=1S/C20H24N3/c1-21-14-13-18(16-7-3-2-4-8-16)23-15-22(17-11-12-17)19-9-5-6-10-20(19)23/h2-10,15,17-18,21H,11-14H2,1H3. The number of fused-ring (bicyclic) bond motifs is 1. The topological polar surface area (TPSA) is 18.5 Å². The van der Waals surface area contributed by atoms with Crippen LogP contribution >= 0.6 is 0 Å². The first-order valence-electron chi connectivity index (χ1n) is 8.59. The van der Waals surface area contributed by atoms with E-state index in [2.05, 4.69) is 76.4 Å². The van der Waals surface area contributed by atoms with Crippen molar-refractivity contribution >= 4 is 11.4 Å². The van der Waals surface area contributed by atoms with E-state index in [1.165, 1.54) is 29.8 Å². The van der Waals surface area contributed by atoms with Crippen molar-refractivity contribution in [3.63, 3.8) is 0 Å². The van der Waals surface area contributed by atoms with Crippen LogP contribution in [0.1, 0.15) is 30.9 Å². The van der Waals surface area contributed by atoms with Gasteiger partial charge in [0.25, 0.3) is 0 Å². The Balaban J connectivity index is 1.68. The lowest BCUT2D eigenvalue weighted by Crippen LogP contribution is -2.31. The van der Waals surface area contributed by atoms with Gasteiger partial charge in [-0.3, -0.25) is 0 Å². The molecule has 0 aromatic heterocycles. The third-order valence-corrected chi connectivity index (χ3v) is 4.82. The third kappa shape index (κ3) is 2.81. The highest BCUT2D eigenvalue weighted by Gasteiger charge is 2.39. The summed E-state index contributed by atoms with van der Waals surface area (Å²) in [5.74, 6) is 0. The van der Waals surface area contributed by atoms with Gasteiger partial charge >= 0.3 is 0 Å². The summed E-state index contributed by atoms with van der Waals surface area (Å²) in [4.78, 5) is 4.95. The Morgan fingerprint density at radius 2 is 1.70 bits per heavy atom. The molecular weight excluding hydrogens is 282 g/mol. The smallest absolute Gasteiger partial charge is 0.143 e. The van der Waals surface area contributed by atoms with E-state index in [-0.39, 0.29) is 0 Å². The van der Waals surface area contributed by atoms with Gasteiger partial charge in [-0.2, -0.15) is 0 Å². The molecule has 2 aliphatic rings. The van der Waals surface area contributed by atoms with E-state index >= 15 is 0 Å². The highest BCUT2D eigenvalue weighted by molar-refractivity contribution is 5.80. The van der Waals surface area contributed by atoms with E-state index in [0.717, 1.165) is 13.0 Å². The lowest BCUT2D eigenvalue weighted by Gasteiger charge is -2.30. The maximum atomic E-state index is 3.31. The van der Waals surface area contributed by atoms with Gasteiger partial charge in [0, 0.05) is 6.04 Å². The minimum Gasteiger partial charge on any atom is -0.343 e. The summed E-state index contributed by atoms with van der Waals surface area (Å²) < 4.78 is 0. The van der Waals surface area contributed by atoms with Gasteiger partial charge in [0.15, 0.2) is 0 Å². The monoisotopic (exact) mass is 306 g/mol. The van der Waals surface area contributed by atoms with Crippen molar-refractivity contribution in [3.05, 3.63) is 66.8 Å². The molecule has 0 bridgehead atoms. The van der Waals surface area contributed by atoms with Gasteiger partial charge in [0.2, 0.25) is 0 Å². The van der Waals surface area contributed by atoms with E-state index in [4.69, 9.17) is 0 Å². The highest BCUT2D eigenvalue weighted by Crippen LogP contribution is 2.47. The van der Waals surface area contributed by atoms with Crippen molar-refractivity contribution in [1.29, 1.82) is 0 Å². The molecule has 2 aromatic carbocycles. The first-order chi connectivity index (χ1) is 11.4. The highest BCUT2D eigenvalue weighted by atomic mass is 15.4. The minimum absolute atomic E-state index is 0.369. The molecule has 23 heavy (non-hydrogen) atoms. The number of hydrogen-bond donors (Lipinski definition) is 1. The molecule has 2 aromatic rings. The molecule has 1 radical (unpaired) electrons. The first kappa shape index (κ1) is 14.6. The Kier molecular flexibility index (Phi) is 3.96. The van der Waals surface area contributed by atoms with Crippen LogP contribution in [0.5, 0.6) is 0 Å². The Bertz CT molecular complexity index is 651. The fourth-order valence-corrected chi connectivity index (χ4v) is 3.47. The van der Waals surface area contributed by atoms with Crippen molar-refractivity contribution in [3.8, 4) is 0 Å². The molecule has 0 spiro atoms. The van der Waals surface area contributed by atoms with E-state index < -0.39 is 0 Å². The average molecular weight is 306 g/mol. The average Bonchev–Trinajstić information content (AvgIpc) is 3.38. The quantitative estimate of drug-likeness (QED) is 0.872. The van der Waals surface area contributed by atoms with Crippen LogP contribution < -0.4 is 15.1 Å². The maximum Gasteiger partial charge on any atom is 0.143 e. The summed E-state index contributed by atoms with van der Waals surface area (Å²) in [6.07, 6.45) is 3.71. The predicted octanol–water partition coefficient (Wildman–Crippen LogP) is 3.95. The number of rotatable bonds is 6. The zero-order valence-corrected chi connectivity index (χ0v) is 13.7. The molecule has 1 N–H and O–H groups in total. The van der Waals surface area contributed by atoms with Crippen molar-refractivity contribution in [2.75, 3.05) is 23.4 Å². The molecule has 1 aliphatic heterocycles. The van der Waals surface area contributed by atoms with Crippen LogP contribution in [0.25, 0.3) is 0 Å². The van der Waals surface area contributed by atoms with Crippen LogP contribution in [0, 0.1) is 6.67 Å². The molecule has 1 heterocycles. The zero-order valence-electron chi connectivity index (χ0n) is 13.7. The Morgan fingerprint density at radius 3 is 2.39 bits per heavy atom. The third-order valence-electron chi connectivity index (χ3n) is 4.82. The predicted molar refractivity (Wildman–Crippen MR) is 96.4 cm³/mol. The molecule has 0 saturated heterocycles. The van der Waals surface area contributed by atoms with Crippen molar-refractivity contribution in [2.24, 2.45) is 0 Å². The molecular formula is C20H24N3. The first-order valence-corrected chi connectivity index (χ1v) is 8.59. The van der Waals surface area contributed by atoms with Gasteiger partial charge in [-0.25, -0.2) is 0 Å². The number of anilines is 2. The Morgan fingerprint density at radius 1 is 1.00 bits per heavy atom. The zero-order chi connectivity index (χ0) is 15.6. The number of benzene rings is 2. The van der Waals surface area contributed by atoms with Gasteiger partial charge in [0.1, 0.15) is 6.67 Å². The van der Waals surface area contributed by atoms with E-state index in [1.54, 1.807) is 0 Å². The summed E-state index contributed by atoms with van der Waals surface area (Å²) >= 11 is 0. The SMILES string of the molecule is CNCCC(c1ccccc1)N1[CH]N(C2CC2)c2ccccc21. The molecule has 1 atom stereocenters. The van der Waals surface area contributed by atoms with Crippen LogP contribution in [-0.4, -0.2) is 19.6 Å². The summed E-state index contributed by atoms with van der Waals surface area (Å²) in [6, 6.07) is 20.7. The number of hydrogen-bond acceptors (Lipinski definition) is 3. The van der Waals surface area contributed by atoms with Crippen LogP contribution in [-0.2, 0) is 0 Å². The molecule has 4 rings (SSSR count). The summed E-state index contributed by atoms with van der Waals surface area (Å²) in [5, 5.41) is 3.31. The molecule has 1 saturated carbocycles. The summed E-state index contributed by atoms with van der Waals surface area (Å²) in [6.45, 7) is 3.35. The molecule has 1 unspecified atom stereocenters. The minimum atomic E-state index is 0.369. The number of nitrogens with zero attached hydrogens (tertiary/aromatic N) is 2. The Labute approximate surface area is 138 Å². The van der Waals surface area contributed by atoms with Gasteiger partial charge in [-0.1, -0.05) is 42.5 Å². The van der Waals surface area contributed by atoms with Gasteiger partial charge in [0.05, 0.1) is 17.4 Å². The largest absolute Gasteiger partial charge is 0.343 e.